The lowest BCUT2D eigenvalue weighted by atomic mass is 9.92. The summed E-state index contributed by atoms with van der Waals surface area (Å²) < 4.78 is 0. The molecular weight excluding hydrogens is 212 g/mol. The van der Waals surface area contributed by atoms with Gasteiger partial charge in [-0.25, -0.2) is 0 Å². The fraction of sp³-hybridized carbons (Fsp3) is 0.357. The monoisotopic (exact) mass is 230 g/mol. The molecule has 1 amide bonds. The summed E-state index contributed by atoms with van der Waals surface area (Å²) in [5, 5.41) is 4.04. The van der Waals surface area contributed by atoms with E-state index in [2.05, 4.69) is 31.1 Å². The summed E-state index contributed by atoms with van der Waals surface area (Å²) in [6.45, 7) is 6.17. The lowest BCUT2D eigenvalue weighted by molar-refractivity contribution is -0.117. The molecule has 1 heterocycles. The standard InChI is InChI=1S/C14H18N2O/c1-14(2,3)9-13(17)16-11-4-5-12-10(8-11)6-7-15-12/h4-8,15H,9H2,1-3H3,(H,16,17). The minimum atomic E-state index is 0.0161. The Hall–Kier alpha value is -1.77. The summed E-state index contributed by atoms with van der Waals surface area (Å²) in [6.07, 6.45) is 2.42. The molecule has 3 heteroatoms. The SMILES string of the molecule is CC(C)(C)CC(=O)Nc1ccc2[nH]ccc2c1. The lowest BCUT2D eigenvalue weighted by Gasteiger charge is -2.17. The molecule has 2 rings (SSSR count). The molecule has 0 unspecified atom stereocenters. The van der Waals surface area contributed by atoms with Gasteiger partial charge in [-0.3, -0.25) is 4.79 Å². The van der Waals surface area contributed by atoms with Gasteiger partial charge in [-0.15, -0.1) is 0 Å². The average Bonchev–Trinajstić information content (AvgIpc) is 2.61. The number of hydrogen-bond acceptors (Lipinski definition) is 1. The van der Waals surface area contributed by atoms with Crippen molar-refractivity contribution >= 4 is 22.5 Å². The molecule has 0 bridgehead atoms. The average molecular weight is 230 g/mol. The van der Waals surface area contributed by atoms with E-state index in [-0.39, 0.29) is 11.3 Å². The molecule has 0 aliphatic carbocycles. The molecule has 0 fully saturated rings. The summed E-state index contributed by atoms with van der Waals surface area (Å²) in [7, 11) is 0. The normalized spacial score (nSPS) is 11.7. The minimum absolute atomic E-state index is 0.0161. The van der Waals surface area contributed by atoms with Crippen molar-refractivity contribution in [3.8, 4) is 0 Å². The molecule has 0 saturated heterocycles. The van der Waals surface area contributed by atoms with E-state index < -0.39 is 0 Å². The predicted molar refractivity (Wildman–Crippen MR) is 71.0 cm³/mol. The maximum atomic E-state index is 11.8. The van der Waals surface area contributed by atoms with Crippen molar-refractivity contribution in [2.75, 3.05) is 5.32 Å². The van der Waals surface area contributed by atoms with Gasteiger partial charge in [0.15, 0.2) is 0 Å². The molecule has 1 aromatic carbocycles. The largest absolute Gasteiger partial charge is 0.361 e. The van der Waals surface area contributed by atoms with Crippen molar-refractivity contribution in [3.63, 3.8) is 0 Å². The Morgan fingerprint density at radius 2 is 2.06 bits per heavy atom. The smallest absolute Gasteiger partial charge is 0.224 e. The van der Waals surface area contributed by atoms with Crippen LogP contribution in [0, 0.1) is 5.41 Å². The van der Waals surface area contributed by atoms with Gasteiger partial charge in [0.2, 0.25) is 5.91 Å². The van der Waals surface area contributed by atoms with E-state index in [0.29, 0.717) is 6.42 Å². The second-order valence-corrected chi connectivity index (χ2v) is 5.57. The van der Waals surface area contributed by atoms with Crippen molar-refractivity contribution < 1.29 is 4.79 Å². The molecular formula is C14H18N2O. The van der Waals surface area contributed by atoms with Crippen LogP contribution in [-0.2, 0) is 4.79 Å². The van der Waals surface area contributed by atoms with E-state index in [1.807, 2.05) is 30.5 Å². The molecule has 3 nitrogen and oxygen atoms in total. The van der Waals surface area contributed by atoms with Crippen molar-refractivity contribution in [1.82, 2.24) is 4.98 Å². The molecule has 0 radical (unpaired) electrons. The van der Waals surface area contributed by atoms with Gasteiger partial charge < -0.3 is 10.3 Å². The lowest BCUT2D eigenvalue weighted by Crippen LogP contribution is -2.19. The van der Waals surface area contributed by atoms with Crippen LogP contribution in [0.25, 0.3) is 10.9 Å². The first-order valence-electron chi connectivity index (χ1n) is 5.81. The second-order valence-electron chi connectivity index (χ2n) is 5.57. The summed E-state index contributed by atoms with van der Waals surface area (Å²) in [5.74, 6) is 0.0624. The number of hydrogen-bond donors (Lipinski definition) is 2. The third kappa shape index (κ3) is 3.09. The highest BCUT2D eigenvalue weighted by molar-refractivity contribution is 5.94. The first-order valence-corrected chi connectivity index (χ1v) is 5.81. The fourth-order valence-electron chi connectivity index (χ4n) is 1.82. The minimum Gasteiger partial charge on any atom is -0.361 e. The molecule has 0 saturated carbocycles. The van der Waals surface area contributed by atoms with E-state index >= 15 is 0 Å². The van der Waals surface area contributed by atoms with E-state index in [1.165, 1.54) is 0 Å². The Labute approximate surface area is 101 Å². The van der Waals surface area contributed by atoms with Crippen LogP contribution >= 0.6 is 0 Å². The summed E-state index contributed by atoms with van der Waals surface area (Å²) in [4.78, 5) is 14.9. The molecule has 1 aromatic heterocycles. The molecule has 2 aromatic rings. The zero-order valence-electron chi connectivity index (χ0n) is 10.5. The Morgan fingerprint density at radius 3 is 2.76 bits per heavy atom. The van der Waals surface area contributed by atoms with Crippen LogP contribution in [0.3, 0.4) is 0 Å². The molecule has 0 aliphatic rings. The summed E-state index contributed by atoms with van der Waals surface area (Å²) in [6, 6.07) is 7.86. The summed E-state index contributed by atoms with van der Waals surface area (Å²) >= 11 is 0. The fourth-order valence-corrected chi connectivity index (χ4v) is 1.82. The topological polar surface area (TPSA) is 44.9 Å². The first kappa shape index (κ1) is 11.7. The predicted octanol–water partition coefficient (Wildman–Crippen LogP) is 3.54. The number of amides is 1. The van der Waals surface area contributed by atoms with Crippen molar-refractivity contribution in [2.45, 2.75) is 27.2 Å². The number of H-pyrrole nitrogens is 1. The Bertz CT molecular complexity index is 534. The van der Waals surface area contributed by atoms with Crippen molar-refractivity contribution in [1.29, 1.82) is 0 Å². The van der Waals surface area contributed by atoms with Gasteiger partial charge in [-0.1, -0.05) is 20.8 Å². The highest BCUT2D eigenvalue weighted by atomic mass is 16.1. The van der Waals surface area contributed by atoms with Crippen LogP contribution in [0.4, 0.5) is 5.69 Å². The van der Waals surface area contributed by atoms with Crippen molar-refractivity contribution in [3.05, 3.63) is 30.5 Å². The van der Waals surface area contributed by atoms with Crippen LogP contribution in [0.15, 0.2) is 30.5 Å². The molecule has 17 heavy (non-hydrogen) atoms. The zero-order valence-corrected chi connectivity index (χ0v) is 10.5. The number of carbonyl (C=O) groups excluding carboxylic acids is 1. The van der Waals surface area contributed by atoms with E-state index in [1.54, 1.807) is 0 Å². The molecule has 0 spiro atoms. The number of fused-ring (bicyclic) bond motifs is 1. The van der Waals surface area contributed by atoms with Gasteiger partial charge in [0, 0.05) is 29.2 Å². The van der Waals surface area contributed by atoms with Crippen LogP contribution in [0.5, 0.6) is 0 Å². The third-order valence-corrected chi connectivity index (χ3v) is 2.53. The van der Waals surface area contributed by atoms with E-state index in [0.717, 1.165) is 16.6 Å². The molecule has 2 N–H and O–H groups in total. The molecule has 90 valence electrons. The Kier molecular flexibility index (Phi) is 2.92. The molecule has 0 aliphatic heterocycles. The Balaban J connectivity index is 2.10. The number of benzene rings is 1. The van der Waals surface area contributed by atoms with Gasteiger partial charge in [0.05, 0.1) is 0 Å². The van der Waals surface area contributed by atoms with Crippen LogP contribution in [-0.4, -0.2) is 10.9 Å². The number of aromatic nitrogens is 1. The van der Waals surface area contributed by atoms with Gasteiger partial charge in [-0.05, 0) is 29.7 Å². The van der Waals surface area contributed by atoms with Gasteiger partial charge in [0.25, 0.3) is 0 Å². The number of carbonyl (C=O) groups is 1. The number of rotatable bonds is 2. The quantitative estimate of drug-likeness (QED) is 0.814. The maximum absolute atomic E-state index is 11.8. The third-order valence-electron chi connectivity index (χ3n) is 2.53. The van der Waals surface area contributed by atoms with Gasteiger partial charge >= 0.3 is 0 Å². The van der Waals surface area contributed by atoms with Gasteiger partial charge in [-0.2, -0.15) is 0 Å². The van der Waals surface area contributed by atoms with Gasteiger partial charge in [0.1, 0.15) is 0 Å². The second kappa shape index (κ2) is 4.24. The Morgan fingerprint density at radius 1 is 1.29 bits per heavy atom. The summed E-state index contributed by atoms with van der Waals surface area (Å²) in [5.41, 5.74) is 1.95. The number of anilines is 1. The van der Waals surface area contributed by atoms with E-state index in [4.69, 9.17) is 0 Å². The van der Waals surface area contributed by atoms with Crippen LogP contribution < -0.4 is 5.32 Å². The van der Waals surface area contributed by atoms with E-state index in [9.17, 15) is 4.79 Å². The highest BCUT2D eigenvalue weighted by Crippen LogP contribution is 2.21. The van der Waals surface area contributed by atoms with Crippen LogP contribution in [0.2, 0.25) is 0 Å². The number of nitrogens with one attached hydrogen (secondary N) is 2. The molecule has 0 atom stereocenters. The highest BCUT2D eigenvalue weighted by Gasteiger charge is 2.15. The van der Waals surface area contributed by atoms with Crippen molar-refractivity contribution in [2.24, 2.45) is 5.41 Å². The maximum Gasteiger partial charge on any atom is 0.224 e. The number of aromatic amines is 1. The zero-order chi connectivity index (χ0) is 12.5. The first-order chi connectivity index (χ1) is 7.94. The van der Waals surface area contributed by atoms with Crippen LogP contribution in [0.1, 0.15) is 27.2 Å².